The van der Waals surface area contributed by atoms with E-state index in [1.54, 1.807) is 0 Å². The van der Waals surface area contributed by atoms with Crippen molar-refractivity contribution >= 4 is 35.1 Å². The van der Waals surface area contributed by atoms with Crippen molar-refractivity contribution in [2.45, 2.75) is 0 Å². The zero-order valence-corrected chi connectivity index (χ0v) is 10.6. The summed E-state index contributed by atoms with van der Waals surface area (Å²) in [5.41, 5.74) is 10.1. The largest absolute Gasteiger partial charge is 0.478 e. The Kier molecular flexibility index (Phi) is 4.71. The fourth-order valence-electron chi connectivity index (χ4n) is 1.55. The first-order chi connectivity index (χ1) is 8.81. The van der Waals surface area contributed by atoms with E-state index >= 15 is 0 Å². The van der Waals surface area contributed by atoms with Crippen molar-refractivity contribution < 1.29 is 19.5 Å². The summed E-state index contributed by atoms with van der Waals surface area (Å²) < 4.78 is 0. The third-order valence-electron chi connectivity index (χ3n) is 2.22. The van der Waals surface area contributed by atoms with Gasteiger partial charge in [-0.1, -0.05) is 11.6 Å². The van der Waals surface area contributed by atoms with Crippen LogP contribution in [0.15, 0.2) is 18.2 Å². The van der Waals surface area contributed by atoms with Gasteiger partial charge >= 0.3 is 5.97 Å². The van der Waals surface area contributed by atoms with Gasteiger partial charge in [-0.3, -0.25) is 9.59 Å². The van der Waals surface area contributed by atoms with Crippen LogP contribution in [0, 0.1) is 0 Å². The molecule has 1 aromatic rings. The van der Waals surface area contributed by atoms with Gasteiger partial charge < -0.3 is 21.5 Å². The Balaban J connectivity index is 3.26. The van der Waals surface area contributed by atoms with E-state index in [9.17, 15) is 14.4 Å². The van der Waals surface area contributed by atoms with Crippen LogP contribution in [0.3, 0.4) is 0 Å². The molecule has 0 aliphatic heterocycles. The van der Waals surface area contributed by atoms with Crippen molar-refractivity contribution in [1.82, 2.24) is 0 Å². The molecule has 7 nitrogen and oxygen atoms in total. The van der Waals surface area contributed by atoms with Gasteiger partial charge in [0, 0.05) is 5.02 Å². The van der Waals surface area contributed by atoms with E-state index in [1.165, 1.54) is 23.1 Å². The highest BCUT2D eigenvalue weighted by atomic mass is 35.5. The maximum atomic E-state index is 11.1. The lowest BCUT2D eigenvalue weighted by Gasteiger charge is -2.23. The summed E-state index contributed by atoms with van der Waals surface area (Å²) in [6.07, 6.45) is 0. The number of aromatic carboxylic acids is 1. The number of benzene rings is 1. The van der Waals surface area contributed by atoms with Crippen LogP contribution in [0.2, 0.25) is 5.02 Å². The molecule has 0 saturated carbocycles. The van der Waals surface area contributed by atoms with E-state index in [2.05, 4.69) is 0 Å². The maximum Gasteiger partial charge on any atom is 0.337 e. The summed E-state index contributed by atoms with van der Waals surface area (Å²) in [5.74, 6) is -2.67. The maximum absolute atomic E-state index is 11.1. The number of primary amides is 2. The number of halogens is 1. The smallest absolute Gasteiger partial charge is 0.337 e. The second-order valence-electron chi connectivity index (χ2n) is 3.76. The van der Waals surface area contributed by atoms with Crippen LogP contribution in [-0.2, 0) is 9.59 Å². The summed E-state index contributed by atoms with van der Waals surface area (Å²) in [7, 11) is 0. The first-order valence-electron chi connectivity index (χ1n) is 5.15. The first-order valence-corrected chi connectivity index (χ1v) is 5.53. The van der Waals surface area contributed by atoms with Crippen molar-refractivity contribution in [3.05, 3.63) is 28.8 Å². The predicted molar refractivity (Wildman–Crippen MR) is 69.0 cm³/mol. The molecule has 0 aliphatic rings. The first kappa shape index (κ1) is 14.8. The summed E-state index contributed by atoms with van der Waals surface area (Å²) >= 11 is 5.79. The van der Waals surface area contributed by atoms with Gasteiger partial charge in [-0.15, -0.1) is 0 Å². The summed E-state index contributed by atoms with van der Waals surface area (Å²) in [5, 5.41) is 9.33. The van der Waals surface area contributed by atoms with Crippen molar-refractivity contribution in [2.24, 2.45) is 11.5 Å². The van der Waals surface area contributed by atoms with Crippen molar-refractivity contribution in [1.29, 1.82) is 0 Å². The van der Waals surface area contributed by atoms with Crippen LogP contribution < -0.4 is 16.4 Å². The fraction of sp³-hybridized carbons (Fsp3) is 0.182. The van der Waals surface area contributed by atoms with E-state index in [4.69, 9.17) is 28.2 Å². The van der Waals surface area contributed by atoms with Gasteiger partial charge in [-0.25, -0.2) is 4.79 Å². The molecule has 0 aliphatic carbocycles. The average Bonchev–Trinajstić information content (AvgIpc) is 2.26. The highest BCUT2D eigenvalue weighted by Gasteiger charge is 2.19. The highest BCUT2D eigenvalue weighted by molar-refractivity contribution is 6.31. The van der Waals surface area contributed by atoms with E-state index in [-0.39, 0.29) is 29.4 Å². The number of carbonyl (C=O) groups excluding carboxylic acids is 2. The zero-order chi connectivity index (χ0) is 14.6. The molecule has 0 saturated heterocycles. The number of carboxylic acids is 1. The van der Waals surface area contributed by atoms with Crippen molar-refractivity contribution in [3.8, 4) is 0 Å². The number of nitrogens with zero attached hydrogens (tertiary/aromatic N) is 1. The Morgan fingerprint density at radius 3 is 2.11 bits per heavy atom. The van der Waals surface area contributed by atoms with Crippen LogP contribution in [0.5, 0.6) is 0 Å². The molecule has 0 aromatic heterocycles. The molecule has 0 fully saturated rings. The Labute approximate surface area is 113 Å². The Bertz CT molecular complexity index is 517. The van der Waals surface area contributed by atoms with E-state index < -0.39 is 17.8 Å². The second kappa shape index (κ2) is 6.05. The quantitative estimate of drug-likeness (QED) is 0.668. The lowest BCUT2D eigenvalue weighted by Crippen LogP contribution is -2.40. The number of carbonyl (C=O) groups is 3. The SMILES string of the molecule is NC(=O)CN(CC(N)=O)c1cc(Cl)ccc1C(=O)O. The Morgan fingerprint density at radius 2 is 1.68 bits per heavy atom. The molecule has 8 heteroatoms. The average molecular weight is 286 g/mol. The van der Waals surface area contributed by atoms with E-state index in [0.29, 0.717) is 0 Å². The fourth-order valence-corrected chi connectivity index (χ4v) is 1.72. The van der Waals surface area contributed by atoms with Crippen LogP contribution in [0.25, 0.3) is 0 Å². The van der Waals surface area contributed by atoms with E-state index in [0.717, 1.165) is 0 Å². The number of amides is 2. The standard InChI is InChI=1S/C11H12ClN3O4/c12-6-1-2-7(11(18)19)8(3-6)15(4-9(13)16)5-10(14)17/h1-3H,4-5H2,(H2,13,16)(H2,14,17)(H,18,19). The minimum atomic E-state index is -1.22. The molecule has 102 valence electrons. The Hall–Kier alpha value is -2.28. The van der Waals surface area contributed by atoms with Gasteiger partial charge in [0.15, 0.2) is 0 Å². The topological polar surface area (TPSA) is 127 Å². The van der Waals surface area contributed by atoms with Gasteiger partial charge in [0.05, 0.1) is 24.3 Å². The molecular weight excluding hydrogens is 274 g/mol. The predicted octanol–water partition coefficient (Wildman–Crippen LogP) is -0.185. The van der Waals surface area contributed by atoms with E-state index in [1.807, 2.05) is 0 Å². The summed E-state index contributed by atoms with van der Waals surface area (Å²) in [6, 6.07) is 3.99. The molecule has 0 radical (unpaired) electrons. The minimum Gasteiger partial charge on any atom is -0.478 e. The number of anilines is 1. The lowest BCUT2D eigenvalue weighted by molar-refractivity contribution is -0.117. The third-order valence-corrected chi connectivity index (χ3v) is 2.46. The zero-order valence-electron chi connectivity index (χ0n) is 9.80. The monoisotopic (exact) mass is 285 g/mol. The number of hydrogen-bond acceptors (Lipinski definition) is 4. The van der Waals surface area contributed by atoms with Gasteiger partial charge in [0.25, 0.3) is 0 Å². The molecular formula is C11H12ClN3O4. The number of nitrogens with two attached hydrogens (primary N) is 2. The van der Waals surface area contributed by atoms with Crippen molar-refractivity contribution in [2.75, 3.05) is 18.0 Å². The van der Waals surface area contributed by atoms with Crippen LogP contribution >= 0.6 is 11.6 Å². The third kappa shape index (κ3) is 4.14. The Morgan fingerprint density at radius 1 is 1.16 bits per heavy atom. The van der Waals surface area contributed by atoms with Crippen LogP contribution in [0.1, 0.15) is 10.4 Å². The highest BCUT2D eigenvalue weighted by Crippen LogP contribution is 2.24. The molecule has 0 spiro atoms. The van der Waals surface area contributed by atoms with Crippen LogP contribution in [0.4, 0.5) is 5.69 Å². The molecule has 1 rings (SSSR count). The second-order valence-corrected chi connectivity index (χ2v) is 4.19. The molecule has 19 heavy (non-hydrogen) atoms. The van der Waals surface area contributed by atoms with Crippen molar-refractivity contribution in [3.63, 3.8) is 0 Å². The molecule has 1 aromatic carbocycles. The summed E-state index contributed by atoms with van der Waals surface area (Å²) in [4.78, 5) is 34.2. The molecule has 0 bridgehead atoms. The number of carboxylic acid groups (broad SMARTS) is 1. The molecule has 0 unspecified atom stereocenters. The van der Waals surface area contributed by atoms with Gasteiger partial charge in [0.2, 0.25) is 11.8 Å². The van der Waals surface area contributed by atoms with Gasteiger partial charge in [0.1, 0.15) is 0 Å². The lowest BCUT2D eigenvalue weighted by atomic mass is 10.1. The van der Waals surface area contributed by atoms with Gasteiger partial charge in [-0.05, 0) is 18.2 Å². The normalized spacial score (nSPS) is 9.95. The molecule has 0 heterocycles. The van der Waals surface area contributed by atoms with Gasteiger partial charge in [-0.2, -0.15) is 0 Å². The number of rotatable bonds is 6. The molecule has 0 atom stereocenters. The van der Waals surface area contributed by atoms with Crippen LogP contribution in [-0.4, -0.2) is 36.0 Å². The molecule has 5 N–H and O–H groups in total. The molecule has 2 amide bonds. The number of hydrogen-bond donors (Lipinski definition) is 3. The summed E-state index contributed by atoms with van der Waals surface area (Å²) in [6.45, 7) is -0.687. The minimum absolute atomic E-state index is 0.105.